The van der Waals surface area contributed by atoms with Crippen LogP contribution in [0, 0.1) is 0 Å². The maximum atomic E-state index is 12.2. The van der Waals surface area contributed by atoms with Crippen molar-refractivity contribution < 1.29 is 34.0 Å². The minimum Gasteiger partial charge on any atom is -0.508 e. The van der Waals surface area contributed by atoms with Gasteiger partial charge in [-0.2, -0.15) is 0 Å². The molecule has 0 saturated heterocycles. The molecule has 1 aliphatic rings. The SMILES string of the molecule is O=C(COC(=O)c1cccc2c1OCCO2)c1ccc(O)cc1O. The lowest BCUT2D eigenvalue weighted by Gasteiger charge is -2.20. The smallest absolute Gasteiger partial charge is 0.342 e. The van der Waals surface area contributed by atoms with Crippen molar-refractivity contribution >= 4 is 11.8 Å². The highest BCUT2D eigenvalue weighted by atomic mass is 16.6. The summed E-state index contributed by atoms with van der Waals surface area (Å²) in [5, 5.41) is 18.9. The molecule has 1 aliphatic heterocycles. The number of fused-ring (bicyclic) bond motifs is 1. The van der Waals surface area contributed by atoms with Crippen LogP contribution in [0.4, 0.5) is 0 Å². The Balaban J connectivity index is 1.71. The molecule has 1 heterocycles. The van der Waals surface area contributed by atoms with E-state index in [4.69, 9.17) is 14.2 Å². The first-order valence-corrected chi connectivity index (χ1v) is 7.17. The van der Waals surface area contributed by atoms with E-state index in [0.29, 0.717) is 19.0 Å². The standard InChI is InChI=1S/C17H14O7/c18-10-4-5-11(13(19)8-10)14(20)9-24-17(21)12-2-1-3-15-16(12)23-7-6-22-15/h1-5,8,18-19H,6-7,9H2. The highest BCUT2D eigenvalue weighted by Crippen LogP contribution is 2.34. The van der Waals surface area contributed by atoms with E-state index in [1.165, 1.54) is 18.2 Å². The van der Waals surface area contributed by atoms with Crippen LogP contribution in [0.5, 0.6) is 23.0 Å². The molecule has 0 spiro atoms. The maximum Gasteiger partial charge on any atom is 0.342 e. The molecule has 0 bridgehead atoms. The summed E-state index contributed by atoms with van der Waals surface area (Å²) in [6.07, 6.45) is 0. The van der Waals surface area contributed by atoms with Crippen LogP contribution in [0.3, 0.4) is 0 Å². The molecule has 24 heavy (non-hydrogen) atoms. The molecule has 2 N–H and O–H groups in total. The Hall–Kier alpha value is -3.22. The molecule has 3 rings (SSSR count). The molecule has 0 fully saturated rings. The lowest BCUT2D eigenvalue weighted by molar-refractivity contribution is 0.0465. The van der Waals surface area contributed by atoms with Crippen molar-refractivity contribution in [3.8, 4) is 23.0 Å². The van der Waals surface area contributed by atoms with Gasteiger partial charge in [-0.3, -0.25) is 4.79 Å². The average molecular weight is 330 g/mol. The van der Waals surface area contributed by atoms with Crippen LogP contribution in [0.2, 0.25) is 0 Å². The number of carbonyl (C=O) groups is 2. The Morgan fingerprint density at radius 2 is 1.83 bits per heavy atom. The molecule has 0 aliphatic carbocycles. The fraction of sp³-hybridized carbons (Fsp3) is 0.176. The number of hydrogen-bond donors (Lipinski definition) is 2. The lowest BCUT2D eigenvalue weighted by atomic mass is 10.1. The number of ether oxygens (including phenoxy) is 3. The number of aromatic hydroxyl groups is 2. The van der Waals surface area contributed by atoms with Gasteiger partial charge in [0.25, 0.3) is 0 Å². The van der Waals surface area contributed by atoms with Crippen molar-refractivity contribution in [3.05, 3.63) is 47.5 Å². The Morgan fingerprint density at radius 3 is 2.62 bits per heavy atom. The molecule has 0 atom stereocenters. The summed E-state index contributed by atoms with van der Waals surface area (Å²) < 4.78 is 15.8. The summed E-state index contributed by atoms with van der Waals surface area (Å²) in [5.74, 6) is -1.15. The van der Waals surface area contributed by atoms with Gasteiger partial charge in [-0.25, -0.2) is 4.79 Å². The Bertz CT molecular complexity index is 798. The van der Waals surface area contributed by atoms with Crippen LogP contribution in [0.25, 0.3) is 0 Å². The van der Waals surface area contributed by atoms with E-state index >= 15 is 0 Å². The molecule has 0 amide bonds. The third kappa shape index (κ3) is 3.10. The number of hydrogen-bond acceptors (Lipinski definition) is 7. The third-order valence-electron chi connectivity index (χ3n) is 3.40. The van der Waals surface area contributed by atoms with Gasteiger partial charge >= 0.3 is 5.97 Å². The van der Waals surface area contributed by atoms with Gasteiger partial charge < -0.3 is 24.4 Å². The molecule has 0 saturated carbocycles. The predicted octanol–water partition coefficient (Wildman–Crippen LogP) is 1.91. The second kappa shape index (κ2) is 6.49. The largest absolute Gasteiger partial charge is 0.508 e. The van der Waals surface area contributed by atoms with Crippen molar-refractivity contribution in [2.75, 3.05) is 19.8 Å². The highest BCUT2D eigenvalue weighted by molar-refractivity contribution is 6.02. The van der Waals surface area contributed by atoms with E-state index in [1.54, 1.807) is 12.1 Å². The monoisotopic (exact) mass is 330 g/mol. The van der Waals surface area contributed by atoms with Gasteiger partial charge in [-0.1, -0.05) is 6.07 Å². The summed E-state index contributed by atoms with van der Waals surface area (Å²) in [6.45, 7) is 0.156. The zero-order valence-corrected chi connectivity index (χ0v) is 12.5. The van der Waals surface area contributed by atoms with Gasteiger partial charge in [0.1, 0.15) is 30.3 Å². The molecule has 7 nitrogen and oxygen atoms in total. The number of para-hydroxylation sites is 1. The first-order valence-electron chi connectivity index (χ1n) is 7.17. The fourth-order valence-electron chi connectivity index (χ4n) is 2.28. The summed E-state index contributed by atoms with van der Waals surface area (Å²) in [5.41, 5.74) is 0.116. The second-order valence-corrected chi connectivity index (χ2v) is 5.03. The van der Waals surface area contributed by atoms with Crippen molar-refractivity contribution in [2.24, 2.45) is 0 Å². The minimum atomic E-state index is -0.732. The van der Waals surface area contributed by atoms with Gasteiger partial charge in [-0.15, -0.1) is 0 Å². The number of Topliss-reactive ketones (excluding diaryl/α,β-unsaturated/α-hetero) is 1. The van der Waals surface area contributed by atoms with Crippen LogP contribution in [0.15, 0.2) is 36.4 Å². The number of ketones is 1. The van der Waals surface area contributed by atoms with Crippen molar-refractivity contribution in [3.63, 3.8) is 0 Å². The fourth-order valence-corrected chi connectivity index (χ4v) is 2.28. The molecular weight excluding hydrogens is 316 g/mol. The lowest BCUT2D eigenvalue weighted by Crippen LogP contribution is -2.19. The molecule has 7 heteroatoms. The Labute approximate surface area is 137 Å². The maximum absolute atomic E-state index is 12.2. The summed E-state index contributed by atoms with van der Waals surface area (Å²) in [7, 11) is 0. The average Bonchev–Trinajstić information content (AvgIpc) is 2.59. The van der Waals surface area contributed by atoms with Crippen LogP contribution in [0.1, 0.15) is 20.7 Å². The zero-order chi connectivity index (χ0) is 17.1. The van der Waals surface area contributed by atoms with Crippen LogP contribution >= 0.6 is 0 Å². The first-order chi connectivity index (χ1) is 11.6. The third-order valence-corrected chi connectivity index (χ3v) is 3.40. The number of carbonyl (C=O) groups excluding carboxylic acids is 2. The quantitative estimate of drug-likeness (QED) is 0.652. The van der Waals surface area contributed by atoms with E-state index in [9.17, 15) is 19.8 Å². The second-order valence-electron chi connectivity index (χ2n) is 5.03. The van der Waals surface area contributed by atoms with Gasteiger partial charge in [0.15, 0.2) is 18.1 Å². The number of esters is 1. The van der Waals surface area contributed by atoms with Crippen LogP contribution in [-0.4, -0.2) is 41.8 Å². The van der Waals surface area contributed by atoms with E-state index < -0.39 is 18.4 Å². The van der Waals surface area contributed by atoms with Crippen molar-refractivity contribution in [1.82, 2.24) is 0 Å². The van der Waals surface area contributed by atoms with Gasteiger partial charge in [0.05, 0.1) is 5.56 Å². The highest BCUT2D eigenvalue weighted by Gasteiger charge is 2.22. The topological polar surface area (TPSA) is 102 Å². The molecule has 2 aromatic rings. The first kappa shape index (κ1) is 15.7. The van der Waals surface area contributed by atoms with Gasteiger partial charge in [0, 0.05) is 6.07 Å². The van der Waals surface area contributed by atoms with Gasteiger partial charge in [0.2, 0.25) is 5.78 Å². The summed E-state index contributed by atoms with van der Waals surface area (Å²) in [4.78, 5) is 24.2. The summed E-state index contributed by atoms with van der Waals surface area (Å²) in [6, 6.07) is 8.35. The number of phenolic OH excluding ortho intramolecular Hbond substituents is 2. The molecular formula is C17H14O7. The minimum absolute atomic E-state index is 0.0460. The van der Waals surface area contributed by atoms with E-state index in [1.807, 2.05) is 0 Å². The Kier molecular flexibility index (Phi) is 4.24. The van der Waals surface area contributed by atoms with Crippen LogP contribution < -0.4 is 9.47 Å². The van der Waals surface area contributed by atoms with E-state index in [-0.39, 0.29) is 28.4 Å². The molecule has 0 aromatic heterocycles. The molecule has 0 unspecified atom stereocenters. The number of rotatable bonds is 4. The Morgan fingerprint density at radius 1 is 1.04 bits per heavy atom. The van der Waals surface area contributed by atoms with Crippen molar-refractivity contribution in [2.45, 2.75) is 0 Å². The number of phenols is 2. The molecule has 124 valence electrons. The van der Waals surface area contributed by atoms with Crippen molar-refractivity contribution in [1.29, 1.82) is 0 Å². The predicted molar refractivity (Wildman–Crippen MR) is 81.8 cm³/mol. The van der Waals surface area contributed by atoms with E-state index in [0.717, 1.165) is 6.07 Å². The summed E-state index contributed by atoms with van der Waals surface area (Å²) >= 11 is 0. The molecule has 2 aromatic carbocycles. The molecule has 0 radical (unpaired) electrons. The zero-order valence-electron chi connectivity index (χ0n) is 12.5. The normalized spacial score (nSPS) is 12.5. The van der Waals surface area contributed by atoms with E-state index in [2.05, 4.69) is 0 Å². The van der Waals surface area contributed by atoms with Gasteiger partial charge in [-0.05, 0) is 24.3 Å². The van der Waals surface area contributed by atoms with Crippen LogP contribution in [-0.2, 0) is 4.74 Å². The number of benzene rings is 2.